The number of pyridine rings is 2. The summed E-state index contributed by atoms with van der Waals surface area (Å²) in [6.45, 7) is 2.40. The molecule has 0 amide bonds. The normalized spacial score (nSPS) is 14.1. The van der Waals surface area contributed by atoms with Crippen LogP contribution in [0.1, 0.15) is 32.6 Å². The number of rotatable bonds is 7. The van der Waals surface area contributed by atoms with E-state index in [9.17, 15) is 0 Å². The second-order valence-electron chi connectivity index (χ2n) is 7.06. The smallest absolute Gasteiger partial charge is 0.216 e. The molecule has 1 saturated carbocycles. The molecule has 2 aromatic heterocycles. The van der Waals surface area contributed by atoms with Gasteiger partial charge in [-0.25, -0.2) is 4.98 Å². The zero-order valence-corrected chi connectivity index (χ0v) is 18.4. The molecule has 0 saturated heterocycles. The van der Waals surface area contributed by atoms with Gasteiger partial charge in [0.25, 0.3) is 0 Å². The van der Waals surface area contributed by atoms with Crippen LogP contribution in [0.4, 0.5) is 11.4 Å². The van der Waals surface area contributed by atoms with Gasteiger partial charge in [-0.15, -0.1) is 0 Å². The van der Waals surface area contributed by atoms with Crippen LogP contribution in [0, 0.1) is 0 Å². The molecule has 0 bridgehead atoms. The van der Waals surface area contributed by atoms with Crippen molar-refractivity contribution in [1.82, 2.24) is 9.97 Å². The van der Waals surface area contributed by atoms with Crippen molar-refractivity contribution in [3.05, 3.63) is 40.6 Å². The fourth-order valence-corrected chi connectivity index (χ4v) is 4.12. The number of halogens is 2. The Morgan fingerprint density at radius 2 is 1.87 bits per heavy atom. The lowest BCUT2D eigenvalue weighted by atomic mass is 10.1. The summed E-state index contributed by atoms with van der Waals surface area (Å²) in [5.41, 5.74) is 1.98. The summed E-state index contributed by atoms with van der Waals surface area (Å²) in [6, 6.07) is 5.64. The largest absolute Gasteiger partial charge is 0.493 e. The Labute approximate surface area is 185 Å². The van der Waals surface area contributed by atoms with Gasteiger partial charge in [0.1, 0.15) is 5.52 Å². The zero-order chi connectivity index (χ0) is 21.1. The van der Waals surface area contributed by atoms with Gasteiger partial charge in [-0.05, 0) is 44.7 Å². The molecule has 1 aromatic carbocycles. The number of methoxy groups -OCH3 is 1. The maximum Gasteiger partial charge on any atom is 0.216 e. The number of fused-ring (bicyclic) bond motifs is 1. The number of anilines is 2. The summed E-state index contributed by atoms with van der Waals surface area (Å²) in [5.74, 6) is 1.73. The topological polar surface area (TPSA) is 65.5 Å². The molecule has 1 aliphatic rings. The lowest BCUT2D eigenvalue weighted by Crippen LogP contribution is -2.12. The third-order valence-corrected chi connectivity index (χ3v) is 5.66. The van der Waals surface area contributed by atoms with Crippen LogP contribution in [-0.2, 0) is 0 Å². The second-order valence-corrected chi connectivity index (χ2v) is 7.88. The van der Waals surface area contributed by atoms with Crippen molar-refractivity contribution in [1.29, 1.82) is 0 Å². The molecule has 1 fully saturated rings. The summed E-state index contributed by atoms with van der Waals surface area (Å²) in [4.78, 5) is 8.73. The van der Waals surface area contributed by atoms with Crippen molar-refractivity contribution in [3.63, 3.8) is 0 Å². The third kappa shape index (κ3) is 4.20. The van der Waals surface area contributed by atoms with Crippen LogP contribution in [-0.4, -0.2) is 29.8 Å². The van der Waals surface area contributed by atoms with Crippen molar-refractivity contribution >= 4 is 45.5 Å². The first kappa shape index (κ1) is 20.8. The number of hydrogen-bond donors (Lipinski definition) is 1. The molecule has 3 aromatic rings. The summed E-state index contributed by atoms with van der Waals surface area (Å²) in [5, 5.41) is 5.00. The summed E-state index contributed by atoms with van der Waals surface area (Å²) in [6.07, 6.45) is 7.63. The molecule has 2 heterocycles. The number of nitrogens with zero attached hydrogens (tertiary/aromatic N) is 2. The predicted molar refractivity (Wildman–Crippen MR) is 120 cm³/mol. The maximum atomic E-state index is 6.36. The Bertz CT molecular complexity index is 1040. The average Bonchev–Trinajstić information content (AvgIpc) is 3.25. The minimum atomic E-state index is 0.155. The van der Waals surface area contributed by atoms with E-state index in [1.165, 1.54) is 12.8 Å². The van der Waals surface area contributed by atoms with Crippen molar-refractivity contribution in [2.75, 3.05) is 19.0 Å². The molecule has 4 rings (SSSR count). The van der Waals surface area contributed by atoms with Crippen LogP contribution in [0.3, 0.4) is 0 Å². The Morgan fingerprint density at radius 3 is 2.53 bits per heavy atom. The average molecular weight is 448 g/mol. The molecule has 0 atom stereocenters. The second kappa shape index (κ2) is 9.14. The van der Waals surface area contributed by atoms with E-state index in [1.54, 1.807) is 19.5 Å². The Morgan fingerprint density at radius 1 is 1.13 bits per heavy atom. The van der Waals surface area contributed by atoms with Crippen LogP contribution in [0.2, 0.25) is 10.0 Å². The predicted octanol–water partition coefficient (Wildman–Crippen LogP) is 6.41. The first-order valence-electron chi connectivity index (χ1n) is 9.98. The molecule has 1 N–H and O–H groups in total. The van der Waals surface area contributed by atoms with Gasteiger partial charge in [0.2, 0.25) is 5.88 Å². The van der Waals surface area contributed by atoms with Crippen molar-refractivity contribution in [2.24, 2.45) is 0 Å². The van der Waals surface area contributed by atoms with Gasteiger partial charge < -0.3 is 19.5 Å². The number of aromatic nitrogens is 2. The maximum absolute atomic E-state index is 6.36. The van der Waals surface area contributed by atoms with Crippen molar-refractivity contribution < 1.29 is 14.2 Å². The minimum absolute atomic E-state index is 0.155. The van der Waals surface area contributed by atoms with Crippen LogP contribution >= 0.6 is 23.2 Å². The van der Waals surface area contributed by atoms with Crippen LogP contribution in [0.25, 0.3) is 10.9 Å². The molecule has 30 heavy (non-hydrogen) atoms. The Balaban J connectivity index is 1.87. The van der Waals surface area contributed by atoms with E-state index >= 15 is 0 Å². The van der Waals surface area contributed by atoms with Crippen LogP contribution < -0.4 is 19.5 Å². The molecule has 6 nitrogen and oxygen atoms in total. The fraction of sp³-hybridized carbons (Fsp3) is 0.364. The number of hydrogen-bond acceptors (Lipinski definition) is 6. The molecule has 1 aliphatic carbocycles. The van der Waals surface area contributed by atoms with Gasteiger partial charge in [-0.2, -0.15) is 0 Å². The monoisotopic (exact) mass is 447 g/mol. The summed E-state index contributed by atoms with van der Waals surface area (Å²) in [7, 11) is 1.63. The molecule has 158 valence electrons. The quantitative estimate of drug-likeness (QED) is 0.451. The number of ether oxygens (including phenoxy) is 3. The lowest BCUT2D eigenvalue weighted by molar-refractivity contribution is 0.203. The van der Waals surface area contributed by atoms with Gasteiger partial charge in [-0.1, -0.05) is 23.2 Å². The van der Waals surface area contributed by atoms with E-state index in [2.05, 4.69) is 10.3 Å². The third-order valence-electron chi connectivity index (χ3n) is 5.09. The molecule has 0 radical (unpaired) electrons. The van der Waals surface area contributed by atoms with Crippen molar-refractivity contribution in [2.45, 2.75) is 38.7 Å². The SMILES string of the molecule is CCOc1cc(Nc2c(Cl)cncc2Cl)c2ccc(OC)c(OC3CCCC3)c2n1. The van der Waals surface area contributed by atoms with Crippen molar-refractivity contribution in [3.8, 4) is 17.4 Å². The van der Waals surface area contributed by atoms with Gasteiger partial charge in [0.15, 0.2) is 11.5 Å². The molecular formula is C22H23Cl2N3O3. The Kier molecular flexibility index (Phi) is 6.35. The van der Waals surface area contributed by atoms with E-state index in [4.69, 9.17) is 42.4 Å². The highest BCUT2D eigenvalue weighted by atomic mass is 35.5. The zero-order valence-electron chi connectivity index (χ0n) is 16.9. The fourth-order valence-electron chi connectivity index (χ4n) is 3.66. The molecule has 0 aliphatic heterocycles. The van der Waals surface area contributed by atoms with Gasteiger partial charge in [0, 0.05) is 23.8 Å². The molecule has 0 spiro atoms. The van der Waals surface area contributed by atoms with Gasteiger partial charge in [0.05, 0.1) is 41.2 Å². The highest BCUT2D eigenvalue weighted by molar-refractivity contribution is 6.39. The summed E-state index contributed by atoms with van der Waals surface area (Å²) >= 11 is 12.6. The van der Waals surface area contributed by atoms with E-state index in [0.29, 0.717) is 45.2 Å². The molecule has 8 heteroatoms. The highest BCUT2D eigenvalue weighted by Gasteiger charge is 2.22. The number of benzene rings is 1. The minimum Gasteiger partial charge on any atom is -0.493 e. The van der Waals surface area contributed by atoms with E-state index in [0.717, 1.165) is 23.9 Å². The van der Waals surface area contributed by atoms with E-state index in [-0.39, 0.29) is 6.10 Å². The van der Waals surface area contributed by atoms with E-state index in [1.807, 2.05) is 25.1 Å². The lowest BCUT2D eigenvalue weighted by Gasteiger charge is -2.20. The standard InChI is InChI=1S/C22H23Cl2N3O3/c1-3-29-19-10-17(26-21-15(23)11-25-12-16(21)24)14-8-9-18(28-2)22(20(14)27-19)30-13-6-4-5-7-13/h8-13H,3-7H2,1-2H3,(H,25,26,27). The molecular weight excluding hydrogens is 425 g/mol. The van der Waals surface area contributed by atoms with Crippen LogP contribution in [0.15, 0.2) is 30.6 Å². The number of nitrogens with one attached hydrogen (secondary N) is 1. The molecule has 0 unspecified atom stereocenters. The highest BCUT2D eigenvalue weighted by Crippen LogP contribution is 2.42. The first-order chi connectivity index (χ1) is 14.6. The van der Waals surface area contributed by atoms with E-state index < -0.39 is 0 Å². The van der Waals surface area contributed by atoms with Gasteiger partial charge in [-0.3, -0.25) is 4.98 Å². The summed E-state index contributed by atoms with van der Waals surface area (Å²) < 4.78 is 17.7. The van der Waals surface area contributed by atoms with Crippen LogP contribution in [0.5, 0.6) is 17.4 Å². The van der Waals surface area contributed by atoms with Gasteiger partial charge >= 0.3 is 0 Å². The Hall–Kier alpha value is -2.44. The first-order valence-corrected chi connectivity index (χ1v) is 10.7.